The number of hydrogen-bond donors (Lipinski definition) is 1. The molecule has 0 aromatic heterocycles. The Morgan fingerprint density at radius 3 is 1.61 bits per heavy atom. The van der Waals surface area contributed by atoms with Crippen LogP contribution < -0.4 is 0 Å². The lowest BCUT2D eigenvalue weighted by Crippen LogP contribution is -2.36. The number of thioether (sulfide) groups is 1. The molecule has 0 aliphatic heterocycles. The number of benzene rings is 3. The van der Waals surface area contributed by atoms with Crippen LogP contribution in [0.15, 0.2) is 91.0 Å². The van der Waals surface area contributed by atoms with E-state index in [0.717, 1.165) is 28.5 Å². The predicted octanol–water partition coefficient (Wildman–Crippen LogP) is 4.64. The summed E-state index contributed by atoms with van der Waals surface area (Å²) in [5.74, 6) is 0.309. The molecule has 3 rings (SSSR count). The molecular formula is C24H24O3S. The number of aliphatic hydroxyl groups excluding tert-OH is 1. The Hall–Kier alpha value is -2.40. The second-order valence-electron chi connectivity index (χ2n) is 6.55. The molecule has 0 saturated carbocycles. The lowest BCUT2D eigenvalue weighted by molar-refractivity contribution is -0.109. The summed E-state index contributed by atoms with van der Waals surface area (Å²) in [6.45, 7) is 1.61. The van der Waals surface area contributed by atoms with Crippen LogP contribution in [0.2, 0.25) is 0 Å². The summed E-state index contributed by atoms with van der Waals surface area (Å²) in [6, 6.07) is 30.1. The van der Waals surface area contributed by atoms with Crippen molar-refractivity contribution in [3.8, 4) is 0 Å². The Morgan fingerprint density at radius 2 is 1.25 bits per heavy atom. The molecule has 0 fully saturated rings. The first kappa shape index (κ1) is 20.3. The summed E-state index contributed by atoms with van der Waals surface area (Å²) >= 11 is 1.11. The van der Waals surface area contributed by atoms with Crippen molar-refractivity contribution in [2.24, 2.45) is 0 Å². The third-order valence-electron chi connectivity index (χ3n) is 4.51. The van der Waals surface area contributed by atoms with Crippen LogP contribution in [0.25, 0.3) is 0 Å². The quantitative estimate of drug-likeness (QED) is 0.568. The minimum absolute atomic E-state index is 0.0144. The maximum Gasteiger partial charge on any atom is 0.185 e. The number of carbonyl (C=O) groups excluding carboxylic acids is 1. The smallest absolute Gasteiger partial charge is 0.185 e. The van der Waals surface area contributed by atoms with E-state index in [1.165, 1.54) is 6.92 Å². The van der Waals surface area contributed by atoms with Crippen molar-refractivity contribution in [1.29, 1.82) is 0 Å². The van der Waals surface area contributed by atoms with E-state index in [9.17, 15) is 9.90 Å². The maximum absolute atomic E-state index is 11.2. The van der Waals surface area contributed by atoms with Crippen LogP contribution in [-0.4, -0.2) is 28.7 Å². The molecule has 0 aliphatic rings. The zero-order chi connectivity index (χ0) is 19.8. The van der Waals surface area contributed by atoms with E-state index in [-0.39, 0.29) is 11.7 Å². The fourth-order valence-corrected chi connectivity index (χ4v) is 3.77. The van der Waals surface area contributed by atoms with Gasteiger partial charge in [0.15, 0.2) is 5.12 Å². The molecule has 144 valence electrons. The molecule has 0 radical (unpaired) electrons. The molecule has 0 bridgehead atoms. The van der Waals surface area contributed by atoms with Gasteiger partial charge in [-0.05, 0) is 16.7 Å². The molecule has 0 unspecified atom stereocenters. The first-order chi connectivity index (χ1) is 13.6. The monoisotopic (exact) mass is 392 g/mol. The Labute approximate surface area is 170 Å². The van der Waals surface area contributed by atoms with Gasteiger partial charge in [0.1, 0.15) is 5.60 Å². The fourth-order valence-electron chi connectivity index (χ4n) is 3.25. The highest BCUT2D eigenvalue weighted by Gasteiger charge is 2.37. The number of rotatable bonds is 8. The van der Waals surface area contributed by atoms with E-state index < -0.39 is 11.7 Å². The van der Waals surface area contributed by atoms with Gasteiger partial charge >= 0.3 is 0 Å². The van der Waals surface area contributed by atoms with Gasteiger partial charge in [-0.3, -0.25) is 4.79 Å². The van der Waals surface area contributed by atoms with Crippen LogP contribution in [0, 0.1) is 0 Å². The molecule has 0 spiro atoms. The molecule has 28 heavy (non-hydrogen) atoms. The third kappa shape index (κ3) is 4.71. The van der Waals surface area contributed by atoms with Gasteiger partial charge in [-0.25, -0.2) is 0 Å². The normalized spacial score (nSPS) is 12.5. The van der Waals surface area contributed by atoms with E-state index in [4.69, 9.17) is 4.74 Å². The molecule has 3 nitrogen and oxygen atoms in total. The molecule has 4 heteroatoms. The Bertz CT molecular complexity index is 769. The van der Waals surface area contributed by atoms with E-state index in [2.05, 4.69) is 0 Å². The summed E-state index contributed by atoms with van der Waals surface area (Å²) in [5, 5.41) is 10.4. The van der Waals surface area contributed by atoms with Gasteiger partial charge in [0.25, 0.3) is 0 Å². The third-order valence-corrected chi connectivity index (χ3v) is 5.47. The van der Waals surface area contributed by atoms with Gasteiger partial charge in [0.05, 0.1) is 12.7 Å². The topological polar surface area (TPSA) is 46.5 Å². The standard InChI is InChI=1S/C24H24O3S/c1-19(25)28-18-23(26)17-27-24(20-11-5-2-6-12-20,21-13-7-3-8-14-21)22-15-9-4-10-16-22/h2-16,23,26H,17-18H2,1H3/t23-/m0/s1. The van der Waals surface area contributed by atoms with E-state index >= 15 is 0 Å². The van der Waals surface area contributed by atoms with Gasteiger partial charge in [-0.15, -0.1) is 0 Å². The first-order valence-corrected chi connectivity index (χ1v) is 10.2. The number of ether oxygens (including phenoxy) is 1. The van der Waals surface area contributed by atoms with Gasteiger partial charge in [0, 0.05) is 12.7 Å². The van der Waals surface area contributed by atoms with Crippen molar-refractivity contribution < 1.29 is 14.6 Å². The van der Waals surface area contributed by atoms with Crippen molar-refractivity contribution in [3.05, 3.63) is 108 Å². The van der Waals surface area contributed by atoms with Gasteiger partial charge in [-0.2, -0.15) is 0 Å². The molecule has 0 heterocycles. The van der Waals surface area contributed by atoms with Gasteiger partial charge in [0.2, 0.25) is 0 Å². The van der Waals surface area contributed by atoms with Crippen LogP contribution >= 0.6 is 11.8 Å². The largest absolute Gasteiger partial charge is 0.390 e. The average molecular weight is 393 g/mol. The molecule has 0 aliphatic carbocycles. The van der Waals surface area contributed by atoms with Crippen LogP contribution in [0.5, 0.6) is 0 Å². The Kier molecular flexibility index (Phi) is 7.04. The van der Waals surface area contributed by atoms with Crippen molar-refractivity contribution in [1.82, 2.24) is 0 Å². The number of aliphatic hydroxyl groups is 1. The molecule has 1 N–H and O–H groups in total. The predicted molar refractivity (Wildman–Crippen MR) is 114 cm³/mol. The first-order valence-electron chi connectivity index (χ1n) is 9.25. The van der Waals surface area contributed by atoms with Crippen molar-refractivity contribution in [3.63, 3.8) is 0 Å². The van der Waals surface area contributed by atoms with E-state index in [1.54, 1.807) is 0 Å². The van der Waals surface area contributed by atoms with Crippen molar-refractivity contribution in [2.75, 3.05) is 12.4 Å². The van der Waals surface area contributed by atoms with E-state index in [0.29, 0.717) is 5.75 Å². The van der Waals surface area contributed by atoms with Crippen LogP contribution in [0.3, 0.4) is 0 Å². The lowest BCUT2D eigenvalue weighted by Gasteiger charge is -2.36. The molecular weight excluding hydrogens is 368 g/mol. The second kappa shape index (κ2) is 9.69. The molecule has 0 amide bonds. The second-order valence-corrected chi connectivity index (χ2v) is 7.74. The van der Waals surface area contributed by atoms with Crippen LogP contribution in [-0.2, 0) is 15.1 Å². The summed E-state index contributed by atoms with van der Waals surface area (Å²) in [5.41, 5.74) is 2.10. The Morgan fingerprint density at radius 1 is 0.857 bits per heavy atom. The highest BCUT2D eigenvalue weighted by atomic mass is 32.2. The van der Waals surface area contributed by atoms with Crippen LogP contribution in [0.1, 0.15) is 23.6 Å². The average Bonchev–Trinajstić information content (AvgIpc) is 2.75. The van der Waals surface area contributed by atoms with Gasteiger partial charge < -0.3 is 9.84 Å². The minimum atomic E-state index is -0.856. The lowest BCUT2D eigenvalue weighted by atomic mass is 9.80. The Balaban J connectivity index is 2.05. The molecule has 3 aromatic rings. The highest BCUT2D eigenvalue weighted by Crippen LogP contribution is 2.40. The van der Waals surface area contributed by atoms with E-state index in [1.807, 2.05) is 91.0 Å². The zero-order valence-corrected chi connectivity index (χ0v) is 16.6. The number of carbonyl (C=O) groups is 1. The molecule has 1 atom stereocenters. The molecule has 3 aromatic carbocycles. The van der Waals surface area contributed by atoms with Gasteiger partial charge in [-0.1, -0.05) is 103 Å². The maximum atomic E-state index is 11.2. The van der Waals surface area contributed by atoms with Crippen molar-refractivity contribution in [2.45, 2.75) is 18.6 Å². The zero-order valence-electron chi connectivity index (χ0n) is 15.8. The summed E-state index contributed by atoms with van der Waals surface area (Å²) in [6.07, 6.45) is -0.746. The highest BCUT2D eigenvalue weighted by molar-refractivity contribution is 8.13. The van der Waals surface area contributed by atoms with Crippen molar-refractivity contribution >= 4 is 16.9 Å². The minimum Gasteiger partial charge on any atom is -0.390 e. The summed E-state index contributed by atoms with van der Waals surface area (Å²) < 4.78 is 6.51. The van der Waals surface area contributed by atoms with Crippen LogP contribution in [0.4, 0.5) is 0 Å². The summed E-state index contributed by atoms with van der Waals surface area (Å²) in [7, 11) is 0. The number of hydrogen-bond acceptors (Lipinski definition) is 4. The SMILES string of the molecule is CC(=O)SC[C@@H](O)COC(c1ccccc1)(c1ccccc1)c1ccccc1. The fraction of sp³-hybridized carbons (Fsp3) is 0.208. The molecule has 0 saturated heterocycles. The summed E-state index contributed by atoms with van der Waals surface area (Å²) in [4.78, 5) is 11.2.